The Morgan fingerprint density at radius 3 is 3.00 bits per heavy atom. The van der Waals surface area contributed by atoms with Crippen LogP contribution >= 0.6 is 0 Å². The summed E-state index contributed by atoms with van der Waals surface area (Å²) < 4.78 is 5.35. The van der Waals surface area contributed by atoms with E-state index < -0.39 is 0 Å². The lowest BCUT2D eigenvalue weighted by molar-refractivity contribution is -0.122. The highest BCUT2D eigenvalue weighted by atomic mass is 16.5. The van der Waals surface area contributed by atoms with Crippen LogP contribution in [0.4, 0.5) is 0 Å². The maximum atomic E-state index is 12.0. The van der Waals surface area contributed by atoms with Crippen molar-refractivity contribution in [3.8, 4) is 0 Å². The van der Waals surface area contributed by atoms with Crippen LogP contribution in [0.1, 0.15) is 30.5 Å². The van der Waals surface area contributed by atoms with Crippen LogP contribution in [0.25, 0.3) is 0 Å². The third-order valence-corrected chi connectivity index (χ3v) is 3.46. The lowest BCUT2D eigenvalue weighted by Gasteiger charge is -2.24. The minimum atomic E-state index is 0.0400. The van der Waals surface area contributed by atoms with Crippen LogP contribution in [0.2, 0.25) is 0 Å². The molecule has 1 aromatic carbocycles. The zero-order valence-corrected chi connectivity index (χ0v) is 11.6. The highest BCUT2D eigenvalue weighted by Crippen LogP contribution is 2.16. The minimum absolute atomic E-state index is 0.0400. The summed E-state index contributed by atoms with van der Waals surface area (Å²) in [7, 11) is 0. The number of ether oxygens (including phenoxy) is 1. The van der Waals surface area contributed by atoms with Crippen molar-refractivity contribution >= 4 is 5.91 Å². The number of benzene rings is 1. The van der Waals surface area contributed by atoms with Crippen LogP contribution in [0.15, 0.2) is 24.3 Å². The molecule has 2 N–H and O–H groups in total. The average Bonchev–Trinajstić information content (AvgIpc) is 2.40. The van der Waals surface area contributed by atoms with Gasteiger partial charge in [0.25, 0.3) is 0 Å². The molecule has 0 spiro atoms. The molecular weight excluding hydrogens is 240 g/mol. The average molecular weight is 262 g/mol. The van der Waals surface area contributed by atoms with E-state index >= 15 is 0 Å². The molecule has 1 amide bonds. The highest BCUT2D eigenvalue weighted by molar-refractivity contribution is 5.77. The summed E-state index contributed by atoms with van der Waals surface area (Å²) >= 11 is 0. The minimum Gasteiger partial charge on any atom is -0.378 e. The zero-order valence-electron chi connectivity index (χ0n) is 11.6. The highest BCUT2D eigenvalue weighted by Gasteiger charge is 2.18. The van der Waals surface area contributed by atoms with E-state index in [9.17, 15) is 4.79 Å². The second-order valence-electron chi connectivity index (χ2n) is 5.08. The molecule has 4 heteroatoms. The largest absolute Gasteiger partial charge is 0.378 e. The first kappa shape index (κ1) is 14.0. The van der Waals surface area contributed by atoms with Crippen LogP contribution in [0.5, 0.6) is 0 Å². The lowest BCUT2D eigenvalue weighted by Crippen LogP contribution is -2.44. The zero-order chi connectivity index (χ0) is 13.7. The lowest BCUT2D eigenvalue weighted by atomic mass is 10.0. The molecule has 104 valence electrons. The molecule has 1 unspecified atom stereocenters. The van der Waals surface area contributed by atoms with Crippen molar-refractivity contribution in [1.82, 2.24) is 10.6 Å². The summed E-state index contributed by atoms with van der Waals surface area (Å²) in [5.41, 5.74) is 2.37. The van der Waals surface area contributed by atoms with Gasteiger partial charge in [-0.2, -0.15) is 0 Å². The monoisotopic (exact) mass is 262 g/mol. The third kappa shape index (κ3) is 4.04. The molecule has 1 aliphatic rings. The molecule has 0 bridgehead atoms. The Bertz CT molecular complexity index is 428. The molecule has 0 radical (unpaired) electrons. The molecule has 2 atom stereocenters. The normalized spacial score (nSPS) is 20.8. The molecule has 1 heterocycles. The van der Waals surface area contributed by atoms with Crippen LogP contribution < -0.4 is 10.6 Å². The molecular formula is C15H22N2O2. The van der Waals surface area contributed by atoms with Gasteiger partial charge >= 0.3 is 0 Å². The number of carbonyl (C=O) groups excluding carboxylic acids is 1. The van der Waals surface area contributed by atoms with Gasteiger partial charge in [0.15, 0.2) is 0 Å². The molecule has 2 rings (SSSR count). The smallest absolute Gasteiger partial charge is 0.222 e. The third-order valence-electron chi connectivity index (χ3n) is 3.46. The van der Waals surface area contributed by atoms with E-state index in [1.807, 2.05) is 19.1 Å². The van der Waals surface area contributed by atoms with Gasteiger partial charge in [-0.1, -0.05) is 24.3 Å². The quantitative estimate of drug-likeness (QED) is 0.865. The van der Waals surface area contributed by atoms with Crippen LogP contribution in [-0.2, 0) is 9.53 Å². The van der Waals surface area contributed by atoms with Gasteiger partial charge < -0.3 is 15.4 Å². The molecule has 1 saturated heterocycles. The molecule has 1 fully saturated rings. The fourth-order valence-corrected chi connectivity index (χ4v) is 2.43. The number of hydrogen-bond acceptors (Lipinski definition) is 3. The first-order chi connectivity index (χ1) is 9.16. The van der Waals surface area contributed by atoms with E-state index in [4.69, 9.17) is 4.74 Å². The topological polar surface area (TPSA) is 50.4 Å². The maximum absolute atomic E-state index is 12.0. The van der Waals surface area contributed by atoms with Gasteiger partial charge in [-0.15, -0.1) is 0 Å². The van der Waals surface area contributed by atoms with E-state index in [1.165, 1.54) is 11.1 Å². The Kier molecular flexibility index (Phi) is 4.93. The number of nitrogens with one attached hydrogen (secondary N) is 2. The van der Waals surface area contributed by atoms with Gasteiger partial charge in [0, 0.05) is 19.0 Å². The number of hydrogen-bond donors (Lipinski definition) is 2. The van der Waals surface area contributed by atoms with Gasteiger partial charge in [-0.05, 0) is 25.0 Å². The first-order valence-electron chi connectivity index (χ1n) is 6.83. The Labute approximate surface area is 114 Å². The van der Waals surface area contributed by atoms with Gasteiger partial charge in [0.2, 0.25) is 5.91 Å². The number of carbonyl (C=O) groups is 1. The number of rotatable bonds is 4. The van der Waals surface area contributed by atoms with Crippen LogP contribution in [0, 0.1) is 6.92 Å². The van der Waals surface area contributed by atoms with Crippen molar-refractivity contribution in [3.63, 3.8) is 0 Å². The Hall–Kier alpha value is -1.39. The Balaban J connectivity index is 1.86. The van der Waals surface area contributed by atoms with Crippen molar-refractivity contribution in [1.29, 1.82) is 0 Å². The fourth-order valence-electron chi connectivity index (χ4n) is 2.43. The van der Waals surface area contributed by atoms with E-state index in [0.717, 1.165) is 13.2 Å². The summed E-state index contributed by atoms with van der Waals surface area (Å²) in [5.74, 6) is 0.0683. The molecule has 0 aliphatic carbocycles. The molecule has 19 heavy (non-hydrogen) atoms. The summed E-state index contributed by atoms with van der Waals surface area (Å²) in [6.07, 6.45) is 0.468. The fraction of sp³-hybridized carbons (Fsp3) is 0.533. The summed E-state index contributed by atoms with van der Waals surface area (Å²) in [6.45, 7) is 6.26. The van der Waals surface area contributed by atoms with Crippen molar-refractivity contribution in [2.45, 2.75) is 32.4 Å². The second kappa shape index (κ2) is 6.68. The van der Waals surface area contributed by atoms with Gasteiger partial charge in [0.1, 0.15) is 0 Å². The molecule has 0 saturated carbocycles. The number of amides is 1. The second-order valence-corrected chi connectivity index (χ2v) is 5.08. The van der Waals surface area contributed by atoms with Crippen molar-refractivity contribution in [2.24, 2.45) is 0 Å². The molecule has 0 aromatic heterocycles. The van der Waals surface area contributed by atoms with E-state index in [2.05, 4.69) is 29.7 Å². The van der Waals surface area contributed by atoms with Gasteiger partial charge in [0.05, 0.1) is 19.3 Å². The van der Waals surface area contributed by atoms with Gasteiger partial charge in [-0.25, -0.2) is 0 Å². The molecule has 4 nitrogen and oxygen atoms in total. The molecule has 1 aromatic rings. The van der Waals surface area contributed by atoms with Crippen molar-refractivity contribution in [3.05, 3.63) is 35.4 Å². The summed E-state index contributed by atoms with van der Waals surface area (Å²) in [4.78, 5) is 12.0. The predicted octanol–water partition coefficient (Wildman–Crippen LogP) is 1.55. The van der Waals surface area contributed by atoms with E-state index in [-0.39, 0.29) is 18.0 Å². The molecule has 1 aliphatic heterocycles. The number of aryl methyl sites for hydroxylation is 1. The van der Waals surface area contributed by atoms with Crippen LogP contribution in [-0.4, -0.2) is 31.7 Å². The van der Waals surface area contributed by atoms with Gasteiger partial charge in [-0.3, -0.25) is 4.79 Å². The summed E-state index contributed by atoms with van der Waals surface area (Å²) in [6, 6.07) is 8.31. The predicted molar refractivity (Wildman–Crippen MR) is 75.0 cm³/mol. The van der Waals surface area contributed by atoms with Crippen LogP contribution in [0.3, 0.4) is 0 Å². The standard InChI is InChI=1S/C15H22N2O2/c1-11-5-3-4-6-14(11)12(2)17-15(18)9-13-10-19-8-7-16-13/h3-6,12-13,16H,7-10H2,1-2H3,(H,17,18)/t12-,13?/m1/s1. The van der Waals surface area contributed by atoms with Crippen molar-refractivity contribution < 1.29 is 9.53 Å². The summed E-state index contributed by atoms with van der Waals surface area (Å²) in [5, 5.41) is 6.34. The Morgan fingerprint density at radius 1 is 1.53 bits per heavy atom. The van der Waals surface area contributed by atoms with Crippen molar-refractivity contribution in [2.75, 3.05) is 19.8 Å². The van der Waals surface area contributed by atoms with E-state index in [0.29, 0.717) is 13.0 Å². The first-order valence-corrected chi connectivity index (χ1v) is 6.83. The maximum Gasteiger partial charge on any atom is 0.222 e. The Morgan fingerprint density at radius 2 is 2.32 bits per heavy atom. The number of morpholine rings is 1. The SMILES string of the molecule is Cc1ccccc1[C@@H](C)NC(=O)CC1COCCN1. The van der Waals surface area contributed by atoms with E-state index in [1.54, 1.807) is 0 Å².